The zero-order chi connectivity index (χ0) is 14.4. The van der Waals surface area contributed by atoms with Crippen LogP contribution in [-0.4, -0.2) is 11.5 Å². The Hall–Kier alpha value is -1.67. The number of rotatable bonds is 6. The highest BCUT2D eigenvalue weighted by atomic mass is 14.9. The zero-order valence-electron chi connectivity index (χ0n) is 12.7. The molecule has 1 unspecified atom stereocenters. The summed E-state index contributed by atoms with van der Waals surface area (Å²) in [5.41, 5.74) is 5.36. The van der Waals surface area contributed by atoms with Crippen LogP contribution in [0.25, 0.3) is 0 Å². The number of aryl methyl sites for hydroxylation is 2. The first-order chi connectivity index (χ1) is 9.70. The zero-order valence-corrected chi connectivity index (χ0v) is 12.7. The van der Waals surface area contributed by atoms with E-state index in [1.54, 1.807) is 0 Å². The Bertz CT molecular complexity index is 534. The number of pyridine rings is 1. The monoisotopic (exact) mass is 268 g/mol. The molecule has 2 rings (SSSR count). The Kier molecular flexibility index (Phi) is 5.31. The number of hydrogen-bond donors (Lipinski definition) is 1. The lowest BCUT2D eigenvalue weighted by atomic mass is 9.97. The minimum atomic E-state index is 0.339. The molecule has 1 aromatic heterocycles. The van der Waals surface area contributed by atoms with Crippen molar-refractivity contribution in [1.82, 2.24) is 10.3 Å². The van der Waals surface area contributed by atoms with Crippen molar-refractivity contribution < 1.29 is 0 Å². The van der Waals surface area contributed by atoms with Gasteiger partial charge in [-0.2, -0.15) is 0 Å². The van der Waals surface area contributed by atoms with Gasteiger partial charge in [0.1, 0.15) is 0 Å². The molecule has 0 bridgehead atoms. The second kappa shape index (κ2) is 7.20. The van der Waals surface area contributed by atoms with Gasteiger partial charge in [-0.3, -0.25) is 4.98 Å². The van der Waals surface area contributed by atoms with Crippen LogP contribution >= 0.6 is 0 Å². The van der Waals surface area contributed by atoms with Gasteiger partial charge in [-0.1, -0.05) is 31.2 Å². The van der Waals surface area contributed by atoms with Gasteiger partial charge >= 0.3 is 0 Å². The molecule has 2 aromatic rings. The summed E-state index contributed by atoms with van der Waals surface area (Å²) in [5, 5.41) is 3.63. The van der Waals surface area contributed by atoms with Gasteiger partial charge in [-0.25, -0.2) is 0 Å². The standard InChI is InChI=1S/C18H24N2/c1-4-9-20-18(17-6-5-10-19-13-17)12-16-8-7-14(2)15(3)11-16/h5-8,10-11,13,18,20H,4,9,12H2,1-3H3. The third-order valence-corrected chi connectivity index (χ3v) is 3.74. The number of nitrogens with one attached hydrogen (secondary N) is 1. The number of benzene rings is 1. The average Bonchev–Trinajstić information content (AvgIpc) is 2.48. The quantitative estimate of drug-likeness (QED) is 0.857. The molecule has 0 saturated carbocycles. The first-order valence-electron chi connectivity index (χ1n) is 7.40. The Balaban J connectivity index is 2.17. The summed E-state index contributed by atoms with van der Waals surface area (Å²) in [4.78, 5) is 4.25. The highest BCUT2D eigenvalue weighted by molar-refractivity contribution is 5.31. The summed E-state index contributed by atoms with van der Waals surface area (Å²) in [5.74, 6) is 0. The van der Waals surface area contributed by atoms with Gasteiger partial charge in [0.2, 0.25) is 0 Å². The third kappa shape index (κ3) is 3.91. The molecule has 0 aliphatic carbocycles. The molecular weight excluding hydrogens is 244 g/mol. The molecule has 0 aliphatic heterocycles. The molecule has 1 heterocycles. The summed E-state index contributed by atoms with van der Waals surface area (Å²) in [6.45, 7) is 7.57. The third-order valence-electron chi connectivity index (χ3n) is 3.74. The lowest BCUT2D eigenvalue weighted by Crippen LogP contribution is -2.24. The molecular formula is C18H24N2. The molecule has 2 heteroatoms. The fraction of sp³-hybridized carbons (Fsp3) is 0.389. The van der Waals surface area contributed by atoms with Crippen molar-refractivity contribution in [2.75, 3.05) is 6.54 Å². The molecule has 0 aliphatic rings. The van der Waals surface area contributed by atoms with Gasteiger partial charge in [0, 0.05) is 18.4 Å². The number of hydrogen-bond acceptors (Lipinski definition) is 2. The second-order valence-corrected chi connectivity index (χ2v) is 5.42. The van der Waals surface area contributed by atoms with Gasteiger partial charge in [-0.05, 0) is 61.6 Å². The van der Waals surface area contributed by atoms with E-state index in [-0.39, 0.29) is 0 Å². The van der Waals surface area contributed by atoms with E-state index < -0.39 is 0 Å². The molecule has 106 valence electrons. The van der Waals surface area contributed by atoms with Gasteiger partial charge in [0.25, 0.3) is 0 Å². The van der Waals surface area contributed by atoms with E-state index in [0.29, 0.717) is 6.04 Å². The van der Waals surface area contributed by atoms with Crippen LogP contribution in [0.4, 0.5) is 0 Å². The molecule has 1 N–H and O–H groups in total. The summed E-state index contributed by atoms with van der Waals surface area (Å²) in [6.07, 6.45) is 5.95. The van der Waals surface area contributed by atoms with Crippen molar-refractivity contribution >= 4 is 0 Å². The fourth-order valence-corrected chi connectivity index (χ4v) is 2.37. The van der Waals surface area contributed by atoms with Crippen LogP contribution in [0.5, 0.6) is 0 Å². The molecule has 0 fully saturated rings. The predicted molar refractivity (Wildman–Crippen MR) is 84.9 cm³/mol. The lowest BCUT2D eigenvalue weighted by Gasteiger charge is -2.19. The molecule has 1 atom stereocenters. The average molecular weight is 268 g/mol. The van der Waals surface area contributed by atoms with Crippen molar-refractivity contribution in [1.29, 1.82) is 0 Å². The molecule has 2 nitrogen and oxygen atoms in total. The molecule has 0 radical (unpaired) electrons. The van der Waals surface area contributed by atoms with E-state index in [1.165, 1.54) is 22.3 Å². The van der Waals surface area contributed by atoms with E-state index in [0.717, 1.165) is 19.4 Å². The van der Waals surface area contributed by atoms with Crippen molar-refractivity contribution in [2.45, 2.75) is 39.7 Å². The van der Waals surface area contributed by atoms with Crippen LogP contribution in [0.15, 0.2) is 42.7 Å². The van der Waals surface area contributed by atoms with Crippen LogP contribution < -0.4 is 5.32 Å². The Morgan fingerprint density at radius 2 is 2.00 bits per heavy atom. The maximum absolute atomic E-state index is 4.25. The fourth-order valence-electron chi connectivity index (χ4n) is 2.37. The van der Waals surface area contributed by atoms with Crippen molar-refractivity contribution in [2.24, 2.45) is 0 Å². The topological polar surface area (TPSA) is 24.9 Å². The van der Waals surface area contributed by atoms with E-state index in [9.17, 15) is 0 Å². The first kappa shape index (κ1) is 14.7. The van der Waals surface area contributed by atoms with Crippen LogP contribution in [0, 0.1) is 13.8 Å². The van der Waals surface area contributed by atoms with Crippen molar-refractivity contribution in [3.8, 4) is 0 Å². The maximum Gasteiger partial charge on any atom is 0.0376 e. The van der Waals surface area contributed by atoms with Crippen molar-refractivity contribution in [3.05, 3.63) is 65.0 Å². The van der Waals surface area contributed by atoms with E-state index in [2.05, 4.69) is 55.3 Å². The van der Waals surface area contributed by atoms with Gasteiger partial charge < -0.3 is 5.32 Å². The Labute approximate surface area is 122 Å². The summed E-state index contributed by atoms with van der Waals surface area (Å²) >= 11 is 0. The van der Waals surface area contributed by atoms with Crippen molar-refractivity contribution in [3.63, 3.8) is 0 Å². The largest absolute Gasteiger partial charge is 0.310 e. The summed E-state index contributed by atoms with van der Waals surface area (Å²) < 4.78 is 0. The van der Waals surface area contributed by atoms with E-state index in [4.69, 9.17) is 0 Å². The SMILES string of the molecule is CCCNC(Cc1ccc(C)c(C)c1)c1cccnc1. The summed E-state index contributed by atoms with van der Waals surface area (Å²) in [7, 11) is 0. The van der Waals surface area contributed by atoms with Gasteiger partial charge in [0.15, 0.2) is 0 Å². The number of aromatic nitrogens is 1. The maximum atomic E-state index is 4.25. The predicted octanol–water partition coefficient (Wildman–Crippen LogP) is 3.98. The minimum absolute atomic E-state index is 0.339. The van der Waals surface area contributed by atoms with Gasteiger partial charge in [0.05, 0.1) is 0 Å². The van der Waals surface area contributed by atoms with E-state index >= 15 is 0 Å². The molecule has 0 saturated heterocycles. The van der Waals surface area contributed by atoms with Crippen LogP contribution in [0.2, 0.25) is 0 Å². The number of nitrogens with zero attached hydrogens (tertiary/aromatic N) is 1. The lowest BCUT2D eigenvalue weighted by molar-refractivity contribution is 0.528. The minimum Gasteiger partial charge on any atom is -0.310 e. The first-order valence-corrected chi connectivity index (χ1v) is 7.40. The molecule has 0 spiro atoms. The normalized spacial score (nSPS) is 12.3. The van der Waals surface area contributed by atoms with Crippen LogP contribution in [0.1, 0.15) is 41.6 Å². The van der Waals surface area contributed by atoms with Crippen LogP contribution in [0.3, 0.4) is 0 Å². The molecule has 1 aromatic carbocycles. The Morgan fingerprint density at radius 1 is 1.15 bits per heavy atom. The second-order valence-electron chi connectivity index (χ2n) is 5.42. The van der Waals surface area contributed by atoms with Gasteiger partial charge in [-0.15, -0.1) is 0 Å². The van der Waals surface area contributed by atoms with Crippen LogP contribution in [-0.2, 0) is 6.42 Å². The highest BCUT2D eigenvalue weighted by Gasteiger charge is 2.11. The van der Waals surface area contributed by atoms with E-state index in [1.807, 2.05) is 18.5 Å². The molecule has 20 heavy (non-hydrogen) atoms. The summed E-state index contributed by atoms with van der Waals surface area (Å²) in [6, 6.07) is 11.2. The highest BCUT2D eigenvalue weighted by Crippen LogP contribution is 2.19. The smallest absolute Gasteiger partial charge is 0.0376 e. The molecule has 0 amide bonds. The Morgan fingerprint density at radius 3 is 2.65 bits per heavy atom.